The molecular weight excluding hydrogens is 112 g/mol. The molecule has 3 N–H and O–H groups in total. The maximum atomic E-state index is 10.2. The van der Waals surface area contributed by atoms with Crippen LogP contribution in [0.5, 0.6) is 0 Å². The third kappa shape index (κ3) is 1.96. The minimum atomic E-state index is -0.764. The van der Waals surface area contributed by atoms with E-state index in [0.717, 1.165) is 0 Å². The molecule has 0 saturated carbocycles. The Morgan fingerprint density at radius 1 is 1.88 bits per heavy atom. The quantitative estimate of drug-likeness (QED) is 0.314. The second-order valence-corrected chi connectivity index (χ2v) is 0.998. The van der Waals surface area contributed by atoms with Gasteiger partial charge in [0.15, 0.2) is 0 Å². The third-order valence-corrected chi connectivity index (χ3v) is 0.537. The molecule has 0 saturated heterocycles. The van der Waals surface area contributed by atoms with Crippen molar-refractivity contribution in [2.75, 3.05) is 7.11 Å². The average molecular weight is 120 g/mol. The second-order valence-electron chi connectivity index (χ2n) is 0.998. The van der Waals surface area contributed by atoms with Gasteiger partial charge >= 0.3 is 0 Å². The van der Waals surface area contributed by atoms with Crippen LogP contribution in [0.15, 0.2) is 5.10 Å². The van der Waals surface area contributed by atoms with Gasteiger partial charge in [-0.15, -0.1) is 0 Å². The lowest BCUT2D eigenvalue weighted by molar-refractivity contribution is -1.54. The van der Waals surface area contributed by atoms with Gasteiger partial charge in [-0.25, -0.2) is 0 Å². The first-order valence-corrected chi connectivity index (χ1v) is 1.86. The van der Waals surface area contributed by atoms with Gasteiger partial charge in [0.25, 0.3) is 0 Å². The SMILES string of the molecule is C=N[NH+]([NH-])[NH+]([O-])OC. The lowest BCUT2D eigenvalue weighted by atomic mass is 11.7. The lowest BCUT2D eigenvalue weighted by Crippen LogP contribution is -3.52. The van der Waals surface area contributed by atoms with Crippen molar-refractivity contribution < 1.29 is 15.4 Å². The molecule has 2 unspecified atom stereocenters. The molecule has 0 bridgehead atoms. The highest BCUT2D eigenvalue weighted by atomic mass is 16.9. The van der Waals surface area contributed by atoms with Crippen LogP contribution < -0.4 is 10.6 Å². The summed E-state index contributed by atoms with van der Waals surface area (Å²) in [4.78, 5) is 4.11. The van der Waals surface area contributed by atoms with Crippen LogP contribution in [0, 0.1) is 5.21 Å². The summed E-state index contributed by atoms with van der Waals surface area (Å²) in [6.07, 6.45) is 0. The number of hydrogen-bond acceptors (Lipinski definition) is 3. The summed E-state index contributed by atoms with van der Waals surface area (Å²) in [6, 6.07) is 0. The molecule has 0 aliphatic rings. The Morgan fingerprint density at radius 3 is 2.50 bits per heavy atom. The molecule has 0 aliphatic heterocycles. The zero-order valence-electron chi connectivity index (χ0n) is 4.47. The Labute approximate surface area is 46.6 Å². The first-order chi connectivity index (χ1) is 3.72. The van der Waals surface area contributed by atoms with Crippen LogP contribution in [0.4, 0.5) is 0 Å². The van der Waals surface area contributed by atoms with Crippen LogP contribution in [-0.2, 0) is 4.84 Å². The second kappa shape index (κ2) is 3.47. The third-order valence-electron chi connectivity index (χ3n) is 0.537. The van der Waals surface area contributed by atoms with E-state index in [1.165, 1.54) is 7.11 Å². The Morgan fingerprint density at radius 2 is 2.38 bits per heavy atom. The molecule has 0 radical (unpaired) electrons. The molecule has 0 aromatic heterocycles. The molecule has 8 heavy (non-hydrogen) atoms. The van der Waals surface area contributed by atoms with Gasteiger partial charge in [-0.1, -0.05) is 15.7 Å². The van der Waals surface area contributed by atoms with Crippen LogP contribution in [0.1, 0.15) is 0 Å². The maximum Gasteiger partial charge on any atom is 0.103 e. The van der Waals surface area contributed by atoms with Crippen LogP contribution in [0.2, 0.25) is 0 Å². The van der Waals surface area contributed by atoms with Crippen molar-refractivity contribution >= 4 is 6.72 Å². The molecule has 0 spiro atoms. The van der Waals surface area contributed by atoms with Gasteiger partial charge < -0.3 is 11.0 Å². The van der Waals surface area contributed by atoms with Crippen LogP contribution >= 0.6 is 0 Å². The number of rotatable bonds is 3. The van der Waals surface area contributed by atoms with E-state index in [2.05, 4.69) is 16.7 Å². The summed E-state index contributed by atoms with van der Waals surface area (Å²) in [5, 5.41) is 12.0. The summed E-state index contributed by atoms with van der Waals surface area (Å²) >= 11 is 0. The van der Waals surface area contributed by atoms with Gasteiger partial charge in [-0.05, 0) is 0 Å². The highest BCUT2D eigenvalue weighted by Crippen LogP contribution is 1.30. The highest BCUT2D eigenvalue weighted by molar-refractivity contribution is 5.20. The van der Waals surface area contributed by atoms with Gasteiger partial charge in [0, 0.05) is 0 Å². The van der Waals surface area contributed by atoms with Crippen molar-refractivity contribution in [3.63, 3.8) is 0 Å². The summed E-state index contributed by atoms with van der Waals surface area (Å²) in [6.45, 7) is 2.95. The zero-order valence-corrected chi connectivity index (χ0v) is 4.47. The number of hydrogen-bond donors (Lipinski definition) is 2. The largest absolute Gasteiger partial charge is 0.548 e. The Balaban J connectivity index is 3.44. The van der Waals surface area contributed by atoms with E-state index in [0.29, 0.717) is 0 Å². The average Bonchev–Trinajstić information content (AvgIpc) is 1.84. The predicted octanol–water partition coefficient (Wildman–Crippen LogP) is -2.69. The summed E-state index contributed by atoms with van der Waals surface area (Å²) in [5.41, 5.74) is 0. The molecule has 0 aliphatic carbocycles. The summed E-state index contributed by atoms with van der Waals surface area (Å²) in [7, 11) is 1.18. The van der Waals surface area contributed by atoms with Gasteiger partial charge in [0.1, 0.15) is 7.11 Å². The fourth-order valence-electron chi connectivity index (χ4n) is 0.161. The first-order valence-electron chi connectivity index (χ1n) is 1.86. The number of nitrogens with one attached hydrogen (secondary N) is 3. The smallest absolute Gasteiger partial charge is 0.103 e. The summed E-state index contributed by atoms with van der Waals surface area (Å²) in [5.74, 6) is 6.64. The van der Waals surface area contributed by atoms with E-state index >= 15 is 0 Å². The van der Waals surface area contributed by atoms with Crippen LogP contribution in [0.3, 0.4) is 0 Å². The molecule has 2 atom stereocenters. The van der Waals surface area contributed by atoms with Crippen molar-refractivity contribution in [2.24, 2.45) is 5.10 Å². The van der Waals surface area contributed by atoms with Crippen molar-refractivity contribution in [3.05, 3.63) is 11.0 Å². The van der Waals surface area contributed by atoms with Gasteiger partial charge in [0.05, 0.1) is 6.72 Å². The molecule has 0 aromatic rings. The van der Waals surface area contributed by atoms with E-state index < -0.39 is 10.6 Å². The van der Waals surface area contributed by atoms with E-state index in [9.17, 15) is 5.21 Å². The van der Waals surface area contributed by atoms with Crippen molar-refractivity contribution in [2.45, 2.75) is 0 Å². The molecule has 0 rings (SSSR count). The molecule has 0 aromatic carbocycles. The van der Waals surface area contributed by atoms with Crippen molar-refractivity contribution in [1.29, 1.82) is 0 Å². The molecule has 0 heterocycles. The van der Waals surface area contributed by atoms with Crippen LogP contribution in [0.25, 0.3) is 5.84 Å². The molecule has 6 nitrogen and oxygen atoms in total. The standard InChI is InChI=1S/C2H8N4O2/c1-4-5(3)6(7)8-2/h3,5-6H,1H2,2H3. The minimum Gasteiger partial charge on any atom is -0.548 e. The van der Waals surface area contributed by atoms with E-state index in [1.807, 2.05) is 0 Å². The van der Waals surface area contributed by atoms with Gasteiger partial charge in [0.2, 0.25) is 0 Å². The van der Waals surface area contributed by atoms with E-state index in [4.69, 9.17) is 5.84 Å². The van der Waals surface area contributed by atoms with Crippen molar-refractivity contribution in [1.82, 2.24) is 0 Å². The Bertz CT molecular complexity index is 76.4. The first kappa shape index (κ1) is 7.47. The fraction of sp³-hybridized carbons (Fsp3) is 0.500. The Kier molecular flexibility index (Phi) is 3.24. The fourth-order valence-corrected chi connectivity index (χ4v) is 0.161. The highest BCUT2D eigenvalue weighted by Gasteiger charge is 1.95. The molecule has 0 fully saturated rings. The Hall–Kier alpha value is -0.530. The van der Waals surface area contributed by atoms with Crippen LogP contribution in [-0.4, -0.2) is 13.8 Å². The predicted molar refractivity (Wildman–Crippen MR) is 26.2 cm³/mol. The van der Waals surface area contributed by atoms with Gasteiger partial charge in [-0.3, -0.25) is 0 Å². The molecule has 6 heteroatoms. The molecule has 0 amide bonds. The maximum absolute atomic E-state index is 10.2. The normalized spacial score (nSPS) is 17.4. The van der Waals surface area contributed by atoms with Crippen molar-refractivity contribution in [3.8, 4) is 0 Å². The van der Waals surface area contributed by atoms with E-state index in [-0.39, 0.29) is 0 Å². The molecular formula is C2H8N4O2. The summed E-state index contributed by atoms with van der Waals surface area (Å²) < 4.78 is 0. The number of quaternary nitrogens is 2. The molecule has 48 valence electrons. The zero-order chi connectivity index (χ0) is 6.57. The monoisotopic (exact) mass is 120 g/mol. The minimum absolute atomic E-state index is 0.465. The van der Waals surface area contributed by atoms with Gasteiger partial charge in [-0.2, -0.15) is 4.84 Å². The topological polar surface area (TPSA) is 77.3 Å². The lowest BCUT2D eigenvalue weighted by Gasteiger charge is -2.22. The number of nitrogens with zero attached hydrogens (tertiary/aromatic N) is 1. The van der Waals surface area contributed by atoms with E-state index in [1.54, 1.807) is 0 Å².